The van der Waals surface area contributed by atoms with E-state index in [4.69, 9.17) is 0 Å². The highest BCUT2D eigenvalue weighted by Crippen LogP contribution is 2.03. The number of unbranched alkanes of at least 4 members (excludes halogenated alkanes) is 2. The molecule has 12 heavy (non-hydrogen) atoms. The van der Waals surface area contributed by atoms with E-state index in [1.54, 1.807) is 0 Å². The summed E-state index contributed by atoms with van der Waals surface area (Å²) in [7, 11) is 0. The molecule has 0 aliphatic heterocycles. The molecule has 70 valence electrons. The van der Waals surface area contributed by atoms with E-state index in [2.05, 4.69) is 13.0 Å². The van der Waals surface area contributed by atoms with E-state index in [0.717, 1.165) is 38.5 Å². The normalized spacial score (nSPS) is 10.8. The van der Waals surface area contributed by atoms with Crippen LogP contribution in [0.5, 0.6) is 0 Å². The number of allylic oxidation sites excluding steroid dienone is 2. The minimum absolute atomic E-state index is 0.432. The highest BCUT2D eigenvalue weighted by Gasteiger charge is 1.98. The Morgan fingerprint density at radius 3 is 2.50 bits per heavy atom. The van der Waals surface area contributed by atoms with Crippen LogP contribution in [0.2, 0.25) is 0 Å². The smallest absolute Gasteiger partial charge is 0.132 e. The van der Waals surface area contributed by atoms with Gasteiger partial charge in [-0.3, -0.25) is 4.79 Å². The summed E-state index contributed by atoms with van der Waals surface area (Å²) in [5, 5.41) is 0. The van der Waals surface area contributed by atoms with E-state index in [0.29, 0.717) is 5.78 Å². The lowest BCUT2D eigenvalue weighted by molar-refractivity contribution is -0.119. The predicted molar refractivity (Wildman–Crippen MR) is 53.2 cm³/mol. The van der Waals surface area contributed by atoms with Crippen molar-refractivity contribution in [3.8, 4) is 0 Å². The van der Waals surface area contributed by atoms with E-state index in [1.807, 2.05) is 13.0 Å². The molecule has 0 amide bonds. The van der Waals surface area contributed by atoms with Crippen molar-refractivity contribution in [2.75, 3.05) is 0 Å². The summed E-state index contributed by atoms with van der Waals surface area (Å²) in [6.07, 6.45) is 9.96. The van der Waals surface area contributed by atoms with Crippen molar-refractivity contribution in [3.63, 3.8) is 0 Å². The van der Waals surface area contributed by atoms with Crippen LogP contribution < -0.4 is 0 Å². The van der Waals surface area contributed by atoms with E-state index in [9.17, 15) is 4.79 Å². The molecular formula is C11H20O. The summed E-state index contributed by atoms with van der Waals surface area (Å²) in [6, 6.07) is 0. The van der Waals surface area contributed by atoms with Gasteiger partial charge in [0, 0.05) is 12.8 Å². The fourth-order valence-corrected chi connectivity index (χ4v) is 1.08. The average molecular weight is 168 g/mol. The number of carbonyl (C=O) groups excluding carboxylic acids is 1. The third-order valence-corrected chi connectivity index (χ3v) is 1.87. The highest BCUT2D eigenvalue weighted by atomic mass is 16.1. The minimum atomic E-state index is 0.432. The van der Waals surface area contributed by atoms with E-state index < -0.39 is 0 Å². The molecule has 0 rings (SSSR count). The summed E-state index contributed by atoms with van der Waals surface area (Å²) in [6.45, 7) is 4.13. The first-order chi connectivity index (χ1) is 5.81. The van der Waals surface area contributed by atoms with Gasteiger partial charge in [0.15, 0.2) is 0 Å². The van der Waals surface area contributed by atoms with Gasteiger partial charge in [-0.15, -0.1) is 0 Å². The summed E-state index contributed by atoms with van der Waals surface area (Å²) in [5.41, 5.74) is 0. The van der Waals surface area contributed by atoms with Gasteiger partial charge >= 0.3 is 0 Å². The highest BCUT2D eigenvalue weighted by molar-refractivity contribution is 5.78. The molecule has 0 aromatic heterocycles. The van der Waals surface area contributed by atoms with Gasteiger partial charge in [-0.2, -0.15) is 0 Å². The van der Waals surface area contributed by atoms with Gasteiger partial charge in [0.1, 0.15) is 5.78 Å². The van der Waals surface area contributed by atoms with Gasteiger partial charge < -0.3 is 0 Å². The van der Waals surface area contributed by atoms with E-state index in [-0.39, 0.29) is 0 Å². The topological polar surface area (TPSA) is 17.1 Å². The number of carbonyl (C=O) groups is 1. The molecule has 0 saturated heterocycles. The summed E-state index contributed by atoms with van der Waals surface area (Å²) < 4.78 is 0. The number of ketones is 1. The molecule has 0 fully saturated rings. The number of Topliss-reactive ketones (excluding diaryl/α,β-unsaturated/α-hetero) is 1. The predicted octanol–water partition coefficient (Wildman–Crippen LogP) is 3.49. The molecule has 1 nitrogen and oxygen atoms in total. The molecule has 0 aliphatic carbocycles. The van der Waals surface area contributed by atoms with Crippen molar-refractivity contribution in [1.82, 2.24) is 0 Å². The Kier molecular flexibility index (Phi) is 8.09. The molecule has 0 aliphatic rings. The van der Waals surface area contributed by atoms with Crippen LogP contribution >= 0.6 is 0 Å². The standard InChI is InChI=1S/C11H20O/c1-3-5-7-8-10-11(12)9-6-4-2/h3,5H,4,6-10H2,1-2H3. The van der Waals surface area contributed by atoms with Crippen molar-refractivity contribution in [2.24, 2.45) is 0 Å². The van der Waals surface area contributed by atoms with Crippen LogP contribution in [0.3, 0.4) is 0 Å². The van der Waals surface area contributed by atoms with Crippen molar-refractivity contribution in [2.45, 2.75) is 52.4 Å². The SMILES string of the molecule is CC=CCCCC(=O)CCCC. The Morgan fingerprint density at radius 1 is 1.25 bits per heavy atom. The zero-order valence-corrected chi connectivity index (χ0v) is 8.31. The van der Waals surface area contributed by atoms with Gasteiger partial charge in [0.05, 0.1) is 0 Å². The van der Waals surface area contributed by atoms with Crippen LogP contribution in [0, 0.1) is 0 Å². The van der Waals surface area contributed by atoms with Crippen LogP contribution in [0.1, 0.15) is 52.4 Å². The molecular weight excluding hydrogens is 148 g/mol. The largest absolute Gasteiger partial charge is 0.300 e. The van der Waals surface area contributed by atoms with Crippen LogP contribution in [0.4, 0.5) is 0 Å². The second-order valence-electron chi connectivity index (χ2n) is 3.10. The van der Waals surface area contributed by atoms with Crippen LogP contribution in [-0.2, 0) is 4.79 Å². The van der Waals surface area contributed by atoms with Crippen molar-refractivity contribution in [1.29, 1.82) is 0 Å². The first-order valence-electron chi connectivity index (χ1n) is 4.94. The van der Waals surface area contributed by atoms with Gasteiger partial charge in [0.25, 0.3) is 0 Å². The first-order valence-corrected chi connectivity index (χ1v) is 4.94. The van der Waals surface area contributed by atoms with Crippen molar-refractivity contribution < 1.29 is 4.79 Å². The lowest BCUT2D eigenvalue weighted by Gasteiger charge is -1.96. The second kappa shape index (κ2) is 8.51. The molecule has 0 spiro atoms. The zero-order valence-electron chi connectivity index (χ0n) is 8.31. The molecule has 0 aromatic carbocycles. The third kappa shape index (κ3) is 7.52. The second-order valence-corrected chi connectivity index (χ2v) is 3.10. The summed E-state index contributed by atoms with van der Waals surface area (Å²) >= 11 is 0. The van der Waals surface area contributed by atoms with Gasteiger partial charge in [-0.25, -0.2) is 0 Å². The summed E-state index contributed by atoms with van der Waals surface area (Å²) in [4.78, 5) is 11.1. The molecule has 0 unspecified atom stereocenters. The third-order valence-electron chi connectivity index (χ3n) is 1.87. The molecule has 0 saturated carbocycles. The molecule has 0 N–H and O–H groups in total. The number of hydrogen-bond acceptors (Lipinski definition) is 1. The minimum Gasteiger partial charge on any atom is -0.300 e. The van der Waals surface area contributed by atoms with E-state index in [1.165, 1.54) is 0 Å². The first kappa shape index (κ1) is 11.4. The molecule has 0 radical (unpaired) electrons. The molecule has 0 aromatic rings. The Bertz CT molecular complexity index is 136. The Morgan fingerprint density at radius 2 is 1.92 bits per heavy atom. The van der Waals surface area contributed by atoms with Gasteiger partial charge in [-0.05, 0) is 26.2 Å². The maximum absolute atomic E-state index is 11.1. The Hall–Kier alpha value is -0.590. The fourth-order valence-electron chi connectivity index (χ4n) is 1.08. The average Bonchev–Trinajstić information content (AvgIpc) is 2.09. The zero-order chi connectivity index (χ0) is 9.23. The monoisotopic (exact) mass is 168 g/mol. The van der Waals surface area contributed by atoms with Crippen LogP contribution in [0.15, 0.2) is 12.2 Å². The summed E-state index contributed by atoms with van der Waals surface area (Å²) in [5.74, 6) is 0.432. The molecule has 0 bridgehead atoms. The maximum atomic E-state index is 11.1. The molecule has 0 atom stereocenters. The molecule has 0 heterocycles. The number of hydrogen-bond donors (Lipinski definition) is 0. The van der Waals surface area contributed by atoms with E-state index >= 15 is 0 Å². The van der Waals surface area contributed by atoms with Crippen LogP contribution in [-0.4, -0.2) is 5.78 Å². The van der Waals surface area contributed by atoms with Gasteiger partial charge in [-0.1, -0.05) is 25.5 Å². The van der Waals surface area contributed by atoms with Crippen molar-refractivity contribution in [3.05, 3.63) is 12.2 Å². The fraction of sp³-hybridized carbons (Fsp3) is 0.727. The number of rotatable bonds is 7. The Balaban J connectivity index is 3.19. The van der Waals surface area contributed by atoms with Crippen LogP contribution in [0.25, 0.3) is 0 Å². The lowest BCUT2D eigenvalue weighted by Crippen LogP contribution is -1.96. The molecule has 1 heteroatoms. The lowest BCUT2D eigenvalue weighted by atomic mass is 10.1. The maximum Gasteiger partial charge on any atom is 0.132 e. The van der Waals surface area contributed by atoms with Crippen molar-refractivity contribution >= 4 is 5.78 Å². The van der Waals surface area contributed by atoms with Gasteiger partial charge in [0.2, 0.25) is 0 Å². The Labute approximate surface area is 75.9 Å². The quantitative estimate of drug-likeness (QED) is 0.420.